The Balaban J connectivity index is 2.60. The highest BCUT2D eigenvalue weighted by Crippen LogP contribution is 2.12. The van der Waals surface area contributed by atoms with Gasteiger partial charge in [0.05, 0.1) is 11.5 Å². The number of nitrogens with two attached hydrogens (primary N) is 1. The largest absolute Gasteiger partial charge is 0.326 e. The highest BCUT2D eigenvalue weighted by molar-refractivity contribution is 7.93. The zero-order chi connectivity index (χ0) is 11.7. The molecule has 0 aromatic rings. The average Bonchev–Trinajstić information content (AvgIpc) is 2.48. The van der Waals surface area contributed by atoms with E-state index < -0.39 is 19.9 Å². The fourth-order valence-electron chi connectivity index (χ4n) is 1.39. The molecule has 0 aromatic carbocycles. The predicted octanol–water partition coefficient (Wildman–Crippen LogP) is -1.61. The molecule has 1 aliphatic rings. The minimum absolute atomic E-state index is 0.127. The van der Waals surface area contributed by atoms with Crippen LogP contribution < -0.4 is 5.73 Å². The third kappa shape index (κ3) is 4.06. The van der Waals surface area contributed by atoms with E-state index in [0.717, 1.165) is 6.26 Å². The van der Waals surface area contributed by atoms with Gasteiger partial charge in [0.25, 0.3) is 0 Å². The van der Waals surface area contributed by atoms with Crippen LogP contribution in [0.1, 0.15) is 6.42 Å². The van der Waals surface area contributed by atoms with Gasteiger partial charge < -0.3 is 5.73 Å². The molecule has 90 valence electrons. The second-order valence-corrected chi connectivity index (χ2v) is 8.20. The first kappa shape index (κ1) is 12.9. The highest BCUT2D eigenvalue weighted by atomic mass is 32.2. The van der Waals surface area contributed by atoms with Crippen LogP contribution in [0.15, 0.2) is 0 Å². The summed E-state index contributed by atoms with van der Waals surface area (Å²) in [7, 11) is -6.69. The van der Waals surface area contributed by atoms with Gasteiger partial charge in [0.2, 0.25) is 10.0 Å². The van der Waals surface area contributed by atoms with E-state index >= 15 is 0 Å². The van der Waals surface area contributed by atoms with E-state index in [2.05, 4.69) is 0 Å². The van der Waals surface area contributed by atoms with Gasteiger partial charge in [-0.25, -0.2) is 21.1 Å². The normalized spacial score (nSPS) is 24.5. The molecule has 0 bridgehead atoms. The van der Waals surface area contributed by atoms with E-state index in [1.807, 2.05) is 0 Å². The van der Waals surface area contributed by atoms with Crippen LogP contribution >= 0.6 is 0 Å². The number of sulfone groups is 1. The van der Waals surface area contributed by atoms with Gasteiger partial charge >= 0.3 is 0 Å². The van der Waals surface area contributed by atoms with Gasteiger partial charge in [-0.15, -0.1) is 0 Å². The molecule has 0 radical (unpaired) electrons. The molecule has 0 amide bonds. The summed E-state index contributed by atoms with van der Waals surface area (Å²) in [5, 5.41) is 0. The molecule has 0 saturated carbocycles. The van der Waals surface area contributed by atoms with Crippen molar-refractivity contribution in [2.45, 2.75) is 12.5 Å². The van der Waals surface area contributed by atoms with Gasteiger partial charge in [0.1, 0.15) is 9.84 Å². The van der Waals surface area contributed by atoms with Crippen LogP contribution in [0.4, 0.5) is 0 Å². The second kappa shape index (κ2) is 4.36. The first-order valence-electron chi connectivity index (χ1n) is 4.62. The van der Waals surface area contributed by atoms with Crippen LogP contribution in [0.3, 0.4) is 0 Å². The topological polar surface area (TPSA) is 97.5 Å². The Labute approximate surface area is 90.4 Å². The van der Waals surface area contributed by atoms with Crippen LogP contribution in [0.5, 0.6) is 0 Å². The van der Waals surface area contributed by atoms with Crippen molar-refractivity contribution in [1.82, 2.24) is 4.31 Å². The standard InChI is InChI=1S/C7H16N2O4S2/c1-14(10,11)4-5-15(12,13)9-3-2-7(8)6-9/h7H,2-6,8H2,1H3/t7-/m0/s1. The van der Waals surface area contributed by atoms with Crippen molar-refractivity contribution in [2.24, 2.45) is 5.73 Å². The molecule has 1 saturated heterocycles. The predicted molar refractivity (Wildman–Crippen MR) is 57.7 cm³/mol. The van der Waals surface area contributed by atoms with E-state index in [4.69, 9.17) is 5.73 Å². The third-order valence-electron chi connectivity index (χ3n) is 2.29. The zero-order valence-electron chi connectivity index (χ0n) is 8.59. The van der Waals surface area contributed by atoms with Crippen molar-refractivity contribution in [1.29, 1.82) is 0 Å². The average molecular weight is 256 g/mol. The summed E-state index contributed by atoms with van der Waals surface area (Å²) in [5.41, 5.74) is 5.58. The smallest absolute Gasteiger partial charge is 0.215 e. The second-order valence-electron chi connectivity index (χ2n) is 3.85. The zero-order valence-corrected chi connectivity index (χ0v) is 10.2. The molecule has 0 aliphatic carbocycles. The fraction of sp³-hybridized carbons (Fsp3) is 1.00. The Morgan fingerprint density at radius 1 is 1.27 bits per heavy atom. The first-order valence-corrected chi connectivity index (χ1v) is 8.29. The maximum absolute atomic E-state index is 11.6. The molecule has 1 rings (SSSR count). The van der Waals surface area contributed by atoms with Crippen LogP contribution in [0.25, 0.3) is 0 Å². The van der Waals surface area contributed by atoms with Crippen molar-refractivity contribution in [3.05, 3.63) is 0 Å². The minimum Gasteiger partial charge on any atom is -0.326 e. The summed E-state index contributed by atoms with van der Waals surface area (Å²) in [4.78, 5) is 0. The minimum atomic E-state index is -3.45. The molecular formula is C7H16N2O4S2. The van der Waals surface area contributed by atoms with Crippen LogP contribution in [-0.2, 0) is 19.9 Å². The molecular weight excluding hydrogens is 240 g/mol. The van der Waals surface area contributed by atoms with Crippen molar-refractivity contribution in [3.8, 4) is 0 Å². The van der Waals surface area contributed by atoms with Gasteiger partial charge in [-0.2, -0.15) is 0 Å². The van der Waals surface area contributed by atoms with E-state index in [1.165, 1.54) is 4.31 Å². The first-order chi connectivity index (χ1) is 6.71. The molecule has 1 aliphatic heterocycles. The molecule has 1 fully saturated rings. The van der Waals surface area contributed by atoms with E-state index in [0.29, 0.717) is 19.5 Å². The molecule has 15 heavy (non-hydrogen) atoms. The number of rotatable bonds is 4. The maximum Gasteiger partial charge on any atom is 0.215 e. The number of nitrogens with zero attached hydrogens (tertiary/aromatic N) is 1. The molecule has 8 heteroatoms. The van der Waals surface area contributed by atoms with E-state index in [-0.39, 0.29) is 17.5 Å². The highest BCUT2D eigenvalue weighted by Gasteiger charge is 2.29. The molecule has 0 aromatic heterocycles. The molecule has 0 spiro atoms. The van der Waals surface area contributed by atoms with Gasteiger partial charge in [0.15, 0.2) is 0 Å². The van der Waals surface area contributed by atoms with Gasteiger partial charge in [-0.05, 0) is 6.42 Å². The van der Waals surface area contributed by atoms with Gasteiger partial charge in [0, 0.05) is 25.4 Å². The van der Waals surface area contributed by atoms with Crippen molar-refractivity contribution < 1.29 is 16.8 Å². The van der Waals surface area contributed by atoms with Crippen molar-refractivity contribution >= 4 is 19.9 Å². The Kier molecular flexibility index (Phi) is 3.75. The van der Waals surface area contributed by atoms with Crippen LogP contribution in [0, 0.1) is 0 Å². The lowest BCUT2D eigenvalue weighted by atomic mass is 10.3. The number of sulfonamides is 1. The Hall–Kier alpha value is -0.180. The number of hydrogen-bond donors (Lipinski definition) is 1. The Morgan fingerprint density at radius 3 is 2.27 bits per heavy atom. The monoisotopic (exact) mass is 256 g/mol. The molecule has 0 unspecified atom stereocenters. The lowest BCUT2D eigenvalue weighted by Gasteiger charge is -2.15. The van der Waals surface area contributed by atoms with Crippen molar-refractivity contribution in [3.63, 3.8) is 0 Å². The quantitative estimate of drug-likeness (QED) is 0.653. The Morgan fingerprint density at radius 2 is 1.87 bits per heavy atom. The summed E-state index contributed by atoms with van der Waals surface area (Å²) < 4.78 is 46.2. The van der Waals surface area contributed by atoms with Gasteiger partial charge in [-0.3, -0.25) is 0 Å². The SMILES string of the molecule is CS(=O)(=O)CCS(=O)(=O)N1CC[C@H](N)C1. The number of hydrogen-bond acceptors (Lipinski definition) is 5. The van der Waals surface area contributed by atoms with Crippen LogP contribution in [-0.4, -0.2) is 58.0 Å². The third-order valence-corrected chi connectivity index (χ3v) is 5.34. The molecule has 6 nitrogen and oxygen atoms in total. The lowest BCUT2D eigenvalue weighted by Crippen LogP contribution is -2.35. The van der Waals surface area contributed by atoms with Gasteiger partial charge in [-0.1, -0.05) is 0 Å². The maximum atomic E-state index is 11.6. The fourth-order valence-corrected chi connectivity index (χ4v) is 4.51. The van der Waals surface area contributed by atoms with E-state index in [9.17, 15) is 16.8 Å². The lowest BCUT2D eigenvalue weighted by molar-refractivity contribution is 0.473. The summed E-state index contributed by atoms with van der Waals surface area (Å²) in [5.74, 6) is -0.681. The summed E-state index contributed by atoms with van der Waals surface area (Å²) in [6, 6.07) is -0.127. The summed E-state index contributed by atoms with van der Waals surface area (Å²) >= 11 is 0. The molecule has 2 N–H and O–H groups in total. The Bertz CT molecular complexity index is 414. The molecule has 1 atom stereocenters. The van der Waals surface area contributed by atoms with E-state index in [1.54, 1.807) is 0 Å². The molecule has 1 heterocycles. The van der Waals surface area contributed by atoms with Crippen LogP contribution in [0.2, 0.25) is 0 Å². The summed E-state index contributed by atoms with van der Waals surface area (Å²) in [6.07, 6.45) is 1.66. The summed E-state index contributed by atoms with van der Waals surface area (Å²) in [6.45, 7) is 0.694. The van der Waals surface area contributed by atoms with Crippen molar-refractivity contribution in [2.75, 3.05) is 30.9 Å².